The minimum absolute atomic E-state index is 0.197. The first kappa shape index (κ1) is 10.9. The lowest BCUT2D eigenvalue weighted by Gasteiger charge is -2.27. The Bertz CT molecular complexity index is 89.6. The van der Waals surface area contributed by atoms with Crippen molar-refractivity contribution in [1.29, 1.82) is 0 Å². The molecule has 0 aromatic carbocycles. The third-order valence-electron chi connectivity index (χ3n) is 2.42. The molecule has 0 saturated heterocycles. The van der Waals surface area contributed by atoms with Crippen LogP contribution in [0.15, 0.2) is 0 Å². The molecular weight excluding hydrogens is 138 g/mol. The van der Waals surface area contributed by atoms with Crippen molar-refractivity contribution in [3.05, 3.63) is 0 Å². The zero-order valence-electron chi connectivity index (χ0n) is 8.09. The standard InChI is InChI=1S/C9H21NO/c1-5-8(7(3)11)9(6-2)10-4/h7-11H,5-6H2,1-4H3/t7-,8-,9-/m0/s1. The molecule has 0 rings (SSSR count). The fourth-order valence-corrected chi connectivity index (χ4v) is 1.68. The van der Waals surface area contributed by atoms with Gasteiger partial charge in [-0.05, 0) is 32.7 Å². The molecule has 0 aliphatic heterocycles. The summed E-state index contributed by atoms with van der Waals surface area (Å²) in [5.74, 6) is 0.394. The molecule has 3 atom stereocenters. The van der Waals surface area contributed by atoms with E-state index >= 15 is 0 Å². The molecule has 0 spiro atoms. The topological polar surface area (TPSA) is 32.3 Å². The van der Waals surface area contributed by atoms with Crippen LogP contribution in [0.4, 0.5) is 0 Å². The van der Waals surface area contributed by atoms with E-state index in [4.69, 9.17) is 0 Å². The number of aliphatic hydroxyl groups excluding tert-OH is 1. The van der Waals surface area contributed by atoms with Gasteiger partial charge in [0.1, 0.15) is 0 Å². The molecule has 11 heavy (non-hydrogen) atoms. The van der Waals surface area contributed by atoms with Gasteiger partial charge in [0, 0.05) is 6.04 Å². The third-order valence-corrected chi connectivity index (χ3v) is 2.42. The second kappa shape index (κ2) is 5.56. The second-order valence-electron chi connectivity index (χ2n) is 3.12. The summed E-state index contributed by atoms with van der Waals surface area (Å²) in [6, 6.07) is 0.458. The highest BCUT2D eigenvalue weighted by Gasteiger charge is 2.20. The summed E-state index contributed by atoms with van der Waals surface area (Å²) in [4.78, 5) is 0. The van der Waals surface area contributed by atoms with Gasteiger partial charge < -0.3 is 10.4 Å². The maximum atomic E-state index is 9.40. The average molecular weight is 159 g/mol. The van der Waals surface area contributed by atoms with Gasteiger partial charge in [0.25, 0.3) is 0 Å². The van der Waals surface area contributed by atoms with Crippen LogP contribution in [0, 0.1) is 5.92 Å². The van der Waals surface area contributed by atoms with Crippen molar-refractivity contribution < 1.29 is 5.11 Å². The van der Waals surface area contributed by atoms with E-state index in [1.807, 2.05) is 14.0 Å². The smallest absolute Gasteiger partial charge is 0.0555 e. The van der Waals surface area contributed by atoms with E-state index in [1.54, 1.807) is 0 Å². The van der Waals surface area contributed by atoms with Crippen LogP contribution in [0.2, 0.25) is 0 Å². The van der Waals surface area contributed by atoms with Gasteiger partial charge in [-0.15, -0.1) is 0 Å². The van der Waals surface area contributed by atoms with Crippen molar-refractivity contribution in [2.75, 3.05) is 7.05 Å². The van der Waals surface area contributed by atoms with Gasteiger partial charge in [-0.1, -0.05) is 13.8 Å². The Balaban J connectivity index is 3.98. The number of hydrogen-bond acceptors (Lipinski definition) is 2. The normalized spacial score (nSPS) is 19.4. The van der Waals surface area contributed by atoms with Gasteiger partial charge in [-0.3, -0.25) is 0 Å². The lowest BCUT2D eigenvalue weighted by atomic mass is 9.90. The number of rotatable bonds is 5. The van der Waals surface area contributed by atoms with Crippen LogP contribution in [0.3, 0.4) is 0 Å². The minimum atomic E-state index is -0.197. The largest absolute Gasteiger partial charge is 0.393 e. The molecule has 68 valence electrons. The average Bonchev–Trinajstić information content (AvgIpc) is 1.99. The summed E-state index contributed by atoms with van der Waals surface area (Å²) in [5, 5.41) is 12.6. The summed E-state index contributed by atoms with van der Waals surface area (Å²) in [6.45, 7) is 6.14. The fraction of sp³-hybridized carbons (Fsp3) is 1.00. The second-order valence-corrected chi connectivity index (χ2v) is 3.12. The van der Waals surface area contributed by atoms with Gasteiger partial charge in [-0.25, -0.2) is 0 Å². The van der Waals surface area contributed by atoms with E-state index < -0.39 is 0 Å². The Hall–Kier alpha value is -0.0800. The van der Waals surface area contributed by atoms with Crippen molar-refractivity contribution in [3.8, 4) is 0 Å². The lowest BCUT2D eigenvalue weighted by Crippen LogP contribution is -2.38. The predicted molar refractivity (Wildman–Crippen MR) is 48.6 cm³/mol. The highest BCUT2D eigenvalue weighted by Crippen LogP contribution is 2.15. The molecule has 0 radical (unpaired) electrons. The Morgan fingerprint density at radius 3 is 1.91 bits per heavy atom. The molecule has 0 unspecified atom stereocenters. The van der Waals surface area contributed by atoms with Crippen LogP contribution in [0.25, 0.3) is 0 Å². The van der Waals surface area contributed by atoms with E-state index in [1.165, 1.54) is 0 Å². The van der Waals surface area contributed by atoms with Crippen molar-refractivity contribution in [2.24, 2.45) is 5.92 Å². The van der Waals surface area contributed by atoms with E-state index in [0.717, 1.165) is 12.8 Å². The molecular formula is C9H21NO. The summed E-state index contributed by atoms with van der Waals surface area (Å²) in [6.07, 6.45) is 1.93. The van der Waals surface area contributed by atoms with Crippen molar-refractivity contribution in [1.82, 2.24) is 5.32 Å². The first-order valence-corrected chi connectivity index (χ1v) is 4.52. The SMILES string of the molecule is CC[C@@H]([C@H](C)O)[C@H](CC)NC. The van der Waals surface area contributed by atoms with Crippen molar-refractivity contribution in [3.63, 3.8) is 0 Å². The van der Waals surface area contributed by atoms with Gasteiger partial charge in [0.2, 0.25) is 0 Å². The first-order valence-electron chi connectivity index (χ1n) is 4.52. The molecule has 0 bridgehead atoms. The highest BCUT2D eigenvalue weighted by molar-refractivity contribution is 4.76. The lowest BCUT2D eigenvalue weighted by molar-refractivity contribution is 0.0978. The van der Waals surface area contributed by atoms with Gasteiger partial charge in [-0.2, -0.15) is 0 Å². The molecule has 0 saturated carbocycles. The zero-order chi connectivity index (χ0) is 8.85. The fourth-order valence-electron chi connectivity index (χ4n) is 1.68. The maximum Gasteiger partial charge on any atom is 0.0555 e. The van der Waals surface area contributed by atoms with Crippen molar-refractivity contribution in [2.45, 2.75) is 45.8 Å². The number of hydrogen-bond donors (Lipinski definition) is 2. The highest BCUT2D eigenvalue weighted by atomic mass is 16.3. The predicted octanol–water partition coefficient (Wildman–Crippen LogP) is 1.39. The summed E-state index contributed by atoms with van der Waals surface area (Å²) in [5.41, 5.74) is 0. The van der Waals surface area contributed by atoms with Gasteiger partial charge in [0.05, 0.1) is 6.10 Å². The van der Waals surface area contributed by atoms with Crippen LogP contribution in [0.5, 0.6) is 0 Å². The summed E-state index contributed by atoms with van der Waals surface area (Å²) in [7, 11) is 1.96. The summed E-state index contributed by atoms with van der Waals surface area (Å²) >= 11 is 0. The van der Waals surface area contributed by atoms with Crippen LogP contribution in [-0.4, -0.2) is 24.3 Å². The molecule has 0 aromatic heterocycles. The Morgan fingerprint density at radius 2 is 1.82 bits per heavy atom. The molecule has 0 heterocycles. The van der Waals surface area contributed by atoms with Crippen LogP contribution in [-0.2, 0) is 0 Å². The maximum absolute atomic E-state index is 9.40. The van der Waals surface area contributed by atoms with Crippen LogP contribution in [0.1, 0.15) is 33.6 Å². The molecule has 0 aliphatic rings. The molecule has 0 aliphatic carbocycles. The third kappa shape index (κ3) is 3.21. The molecule has 0 amide bonds. The molecule has 2 heteroatoms. The summed E-state index contributed by atoms with van der Waals surface area (Å²) < 4.78 is 0. The Kier molecular flexibility index (Phi) is 5.51. The zero-order valence-corrected chi connectivity index (χ0v) is 8.09. The molecule has 2 nitrogen and oxygen atoms in total. The van der Waals surface area contributed by atoms with Crippen LogP contribution < -0.4 is 5.32 Å². The monoisotopic (exact) mass is 159 g/mol. The first-order chi connectivity index (χ1) is 5.17. The molecule has 2 N–H and O–H groups in total. The molecule has 0 aromatic rings. The van der Waals surface area contributed by atoms with E-state index in [-0.39, 0.29) is 6.10 Å². The quantitative estimate of drug-likeness (QED) is 0.635. The van der Waals surface area contributed by atoms with E-state index in [9.17, 15) is 5.11 Å². The van der Waals surface area contributed by atoms with Crippen molar-refractivity contribution >= 4 is 0 Å². The van der Waals surface area contributed by atoms with Crippen LogP contribution >= 0.6 is 0 Å². The Labute approximate surface area is 70.0 Å². The van der Waals surface area contributed by atoms with Gasteiger partial charge in [0.15, 0.2) is 0 Å². The number of nitrogens with one attached hydrogen (secondary N) is 1. The number of aliphatic hydroxyl groups is 1. The van der Waals surface area contributed by atoms with E-state index in [2.05, 4.69) is 19.2 Å². The van der Waals surface area contributed by atoms with E-state index in [0.29, 0.717) is 12.0 Å². The Morgan fingerprint density at radius 1 is 1.27 bits per heavy atom. The van der Waals surface area contributed by atoms with Gasteiger partial charge >= 0.3 is 0 Å². The molecule has 0 fully saturated rings. The minimum Gasteiger partial charge on any atom is -0.393 e.